The van der Waals surface area contributed by atoms with Crippen LogP contribution < -0.4 is 0 Å². The number of hydrogen-bond donors (Lipinski definition) is 0. The quantitative estimate of drug-likeness (QED) is 0.346. The van der Waals surface area contributed by atoms with Crippen LogP contribution in [0.5, 0.6) is 0 Å². The predicted octanol–water partition coefficient (Wildman–Crippen LogP) is -2.35. The Bertz CT molecular complexity index is 27.7. The summed E-state index contributed by atoms with van der Waals surface area (Å²) in [4.78, 5) is 0. The zero-order valence-electron chi connectivity index (χ0n) is 3.53. The molecule has 0 heterocycles. The molecule has 0 aliphatic heterocycles. The average molecular weight is 505 g/mol. The van der Waals surface area contributed by atoms with Gasteiger partial charge in [0.05, 0.1) is 0 Å². The van der Waals surface area contributed by atoms with Crippen LogP contribution in [0.1, 0.15) is 0 Å². The van der Waals surface area contributed by atoms with Gasteiger partial charge >= 0.3 is 85.8 Å². The molecule has 0 aliphatic rings. The van der Waals surface area contributed by atoms with Gasteiger partial charge in [-0.25, -0.2) is 0 Å². The Morgan fingerprint density at radius 3 is 1.43 bits per heavy atom. The molecule has 0 aliphatic carbocycles. The normalized spacial score (nSPS) is 2.00. The summed E-state index contributed by atoms with van der Waals surface area (Å²) in [6.07, 6.45) is 0. The summed E-state index contributed by atoms with van der Waals surface area (Å²) in [5.41, 5.74) is 0. The van der Waals surface area contributed by atoms with Gasteiger partial charge in [0.2, 0.25) is 0 Å². The summed E-state index contributed by atoms with van der Waals surface area (Å²) in [7, 11) is 0. The molecule has 0 fully saturated rings. The Balaban J connectivity index is -0.0000000105. The summed E-state index contributed by atoms with van der Waals surface area (Å²) in [5, 5.41) is 0. The first kappa shape index (κ1) is 22.4. The van der Waals surface area contributed by atoms with Crippen molar-refractivity contribution in [2.24, 2.45) is 0 Å². The Morgan fingerprint density at radius 2 is 1.43 bits per heavy atom. The molecule has 0 N–H and O–H groups in total. The van der Waals surface area contributed by atoms with Crippen molar-refractivity contribution in [3.05, 3.63) is 0 Å². The second kappa shape index (κ2) is 34.5. The first-order valence-electron chi connectivity index (χ1n) is 1.28. The molecular weight excluding hydrogens is 500 g/mol. The molecule has 0 saturated heterocycles. The fourth-order valence-electron chi connectivity index (χ4n) is 0. The topological polar surface area (TPSA) is 34.1 Å². The van der Waals surface area contributed by atoms with E-state index in [9.17, 15) is 3.57 Å². The average Bonchev–Trinajstić information content (AvgIpc) is 1.46. The molecule has 38 valence electrons. The van der Waals surface area contributed by atoms with Gasteiger partial charge in [0.25, 0.3) is 0 Å². The minimum atomic E-state index is -0.915. The molecule has 0 atom stereocenters. The van der Waals surface area contributed by atoms with Gasteiger partial charge in [-0.2, -0.15) is 0 Å². The molecule has 0 amide bonds. The minimum absolute atomic E-state index is 0. The van der Waals surface area contributed by atoms with E-state index in [1.807, 2.05) is 0 Å². The van der Waals surface area contributed by atoms with E-state index >= 15 is 0 Å². The fraction of sp³-hybridized carbons (Fsp3) is 0. The van der Waals surface area contributed by atoms with Crippen molar-refractivity contribution in [1.29, 1.82) is 0 Å². The Labute approximate surface area is 106 Å². The van der Waals surface area contributed by atoms with Crippen LogP contribution in [0.4, 0.5) is 0 Å². The van der Waals surface area contributed by atoms with Crippen LogP contribution in [0.2, 0.25) is 0 Å². The number of hydrogen-bond acceptors (Lipinski definition) is 2. The molecule has 0 spiro atoms. The van der Waals surface area contributed by atoms with E-state index in [0.29, 0.717) is 21.4 Å². The Hall–Kier alpha value is 3.33. The monoisotopic (exact) mass is 502 g/mol. The van der Waals surface area contributed by atoms with Crippen molar-refractivity contribution in [2.75, 3.05) is 0 Å². The van der Waals surface area contributed by atoms with Crippen LogP contribution in [0, 0.1) is 0 Å². The van der Waals surface area contributed by atoms with Gasteiger partial charge in [-0.05, 0) is 0 Å². The van der Waals surface area contributed by atoms with E-state index in [1.54, 1.807) is 0 Å². The molecule has 0 aromatic rings. The fourth-order valence-corrected chi connectivity index (χ4v) is 0. The Kier molecular flexibility index (Phi) is 111. The van der Waals surface area contributed by atoms with Gasteiger partial charge in [0, 0.05) is 22.4 Å². The number of rotatable bonds is 0. The first-order chi connectivity index (χ1) is 2.41. The second-order valence-electron chi connectivity index (χ2n) is 0.289. The molecule has 7 heavy (non-hydrogen) atoms. The van der Waals surface area contributed by atoms with Crippen molar-refractivity contribution in [1.82, 2.24) is 0 Å². The molecule has 0 aromatic heterocycles. The molecule has 0 aromatic carbocycles. The van der Waals surface area contributed by atoms with Gasteiger partial charge in [-0.15, -0.1) is 0 Å². The van der Waals surface area contributed by atoms with E-state index < -0.39 is 13.1 Å². The third kappa shape index (κ3) is 45.2. The van der Waals surface area contributed by atoms with Gasteiger partial charge < -0.3 is 0 Å². The van der Waals surface area contributed by atoms with E-state index in [2.05, 4.69) is 0 Å². The van der Waals surface area contributed by atoms with E-state index in [-0.39, 0.29) is 66.5 Å². The van der Waals surface area contributed by atoms with Crippen molar-refractivity contribution in [3.8, 4) is 0 Å². The molecule has 0 rings (SSSR count). The summed E-state index contributed by atoms with van der Waals surface area (Å²) < 4.78 is 17.6. The van der Waals surface area contributed by atoms with Crippen LogP contribution in [-0.2, 0) is 60.9 Å². The van der Waals surface area contributed by atoms with Crippen LogP contribution in [0.15, 0.2) is 0 Å². The van der Waals surface area contributed by atoms with Crippen LogP contribution >= 0.6 is 0 Å². The van der Waals surface area contributed by atoms with Crippen molar-refractivity contribution < 1.29 is 60.9 Å². The summed E-state index contributed by atoms with van der Waals surface area (Å²) in [5.74, 6) is 0. The van der Waals surface area contributed by atoms with Crippen molar-refractivity contribution >= 4 is 47.2 Å². The summed E-state index contributed by atoms with van der Waals surface area (Å²) in [6, 6.07) is 0. The third-order valence-corrected chi connectivity index (χ3v) is 0. The first-order valence-corrected chi connectivity index (χ1v) is 27.6. The summed E-state index contributed by atoms with van der Waals surface area (Å²) in [6.45, 7) is 0. The van der Waals surface area contributed by atoms with Crippen LogP contribution in [0.3, 0.4) is 0 Å². The van der Waals surface area contributed by atoms with Crippen molar-refractivity contribution in [3.63, 3.8) is 0 Å². The molecule has 0 unspecified atom stereocenters. The third-order valence-electron chi connectivity index (χ3n) is 0. The van der Waals surface area contributed by atoms with E-state index in [0.717, 1.165) is 0 Å². The second-order valence-corrected chi connectivity index (χ2v) is 10.1. The Morgan fingerprint density at radius 1 is 1.43 bits per heavy atom. The van der Waals surface area contributed by atoms with E-state index in [1.165, 1.54) is 0 Å². The summed E-state index contributed by atoms with van der Waals surface area (Å²) >= 11 is -0.176. The molecule has 2 nitrogen and oxygen atoms in total. The van der Waals surface area contributed by atoms with Gasteiger partial charge in [-0.3, -0.25) is 0 Å². The standard InChI is InChI=1S/Ag.2In.2O.2Zn.5H. The molecule has 1 radical (unpaired) electrons. The van der Waals surface area contributed by atoms with E-state index in [4.69, 9.17) is 3.57 Å². The van der Waals surface area contributed by atoms with Crippen LogP contribution in [0.25, 0.3) is 0 Å². The zero-order chi connectivity index (χ0) is 4.71. The van der Waals surface area contributed by atoms with Gasteiger partial charge in [0.1, 0.15) is 0 Å². The van der Waals surface area contributed by atoms with Crippen LogP contribution in [-0.4, -0.2) is 47.2 Å². The van der Waals surface area contributed by atoms with Crippen molar-refractivity contribution in [2.45, 2.75) is 0 Å². The zero-order valence-corrected chi connectivity index (χ0v) is 16.7. The molecule has 7 heteroatoms. The maximum atomic E-state index is 9.21. The molecular formula is H5AgIn2O2Zn2. The predicted molar refractivity (Wildman–Crippen MR) is 19.9 cm³/mol. The van der Waals surface area contributed by atoms with Gasteiger partial charge in [-0.1, -0.05) is 0 Å². The maximum absolute atomic E-state index is 9.21. The SMILES string of the molecule is [Ag].[InH3].[O]=[Zn].[O]=[Zn][InH2]. The molecule has 0 bridgehead atoms. The van der Waals surface area contributed by atoms with Gasteiger partial charge in [0.15, 0.2) is 0 Å². The molecule has 0 saturated carbocycles.